The van der Waals surface area contributed by atoms with Gasteiger partial charge in [0.05, 0.1) is 6.10 Å². The summed E-state index contributed by atoms with van der Waals surface area (Å²) in [5.74, 6) is -0.984. The van der Waals surface area contributed by atoms with Crippen molar-refractivity contribution < 1.29 is 19.1 Å². The van der Waals surface area contributed by atoms with Crippen LogP contribution in [0.4, 0.5) is 0 Å². The van der Waals surface area contributed by atoms with Crippen LogP contribution in [0.15, 0.2) is 28.7 Å². The molecule has 0 aliphatic carbocycles. The molecule has 5 heteroatoms. The largest absolute Gasteiger partial charge is 0.475 e. The Kier molecular flexibility index (Phi) is 3.94. The molecule has 1 aromatic carbocycles. The summed E-state index contributed by atoms with van der Waals surface area (Å²) in [6.07, 6.45) is 2.43. The number of nitrogens with zero attached hydrogens (tertiary/aromatic N) is 1. The van der Waals surface area contributed by atoms with Crippen LogP contribution in [0.1, 0.15) is 29.0 Å². The Morgan fingerprint density at radius 3 is 2.95 bits per heavy atom. The maximum absolute atomic E-state index is 11.4. The van der Waals surface area contributed by atoms with Crippen LogP contribution in [-0.4, -0.2) is 42.3 Å². The van der Waals surface area contributed by atoms with E-state index in [9.17, 15) is 9.90 Å². The second kappa shape index (κ2) is 5.87. The third-order valence-corrected chi connectivity index (χ3v) is 3.86. The summed E-state index contributed by atoms with van der Waals surface area (Å²) in [6.45, 7) is 2.17. The summed E-state index contributed by atoms with van der Waals surface area (Å²) >= 11 is 0. The smallest absolute Gasteiger partial charge is 0.372 e. The number of fused-ring (bicyclic) bond motifs is 1. The van der Waals surface area contributed by atoms with Crippen molar-refractivity contribution in [2.24, 2.45) is 0 Å². The van der Waals surface area contributed by atoms with Crippen molar-refractivity contribution in [2.75, 3.05) is 20.2 Å². The maximum Gasteiger partial charge on any atom is 0.372 e. The molecule has 1 aliphatic heterocycles. The number of hydrogen-bond donors (Lipinski definition) is 1. The molecule has 1 atom stereocenters. The lowest BCUT2D eigenvalue weighted by Gasteiger charge is -2.20. The van der Waals surface area contributed by atoms with Gasteiger partial charge in [-0.2, -0.15) is 0 Å². The van der Waals surface area contributed by atoms with E-state index in [0.717, 1.165) is 36.9 Å². The zero-order valence-electron chi connectivity index (χ0n) is 12.0. The van der Waals surface area contributed by atoms with Gasteiger partial charge in [0.25, 0.3) is 0 Å². The van der Waals surface area contributed by atoms with Gasteiger partial charge in [-0.3, -0.25) is 4.90 Å². The molecule has 112 valence electrons. The van der Waals surface area contributed by atoms with Gasteiger partial charge in [-0.15, -0.1) is 0 Å². The predicted molar refractivity (Wildman–Crippen MR) is 78.5 cm³/mol. The van der Waals surface area contributed by atoms with Gasteiger partial charge < -0.3 is 14.3 Å². The number of rotatable bonds is 5. The van der Waals surface area contributed by atoms with Crippen molar-refractivity contribution in [3.8, 4) is 0 Å². The quantitative estimate of drug-likeness (QED) is 0.917. The van der Waals surface area contributed by atoms with E-state index in [1.54, 1.807) is 6.07 Å². The van der Waals surface area contributed by atoms with Crippen molar-refractivity contribution in [3.05, 3.63) is 35.6 Å². The van der Waals surface area contributed by atoms with Crippen LogP contribution in [0, 0.1) is 0 Å². The molecule has 1 aromatic heterocycles. The average Bonchev–Trinajstić information content (AvgIpc) is 3.07. The van der Waals surface area contributed by atoms with Crippen LogP contribution in [0.2, 0.25) is 0 Å². The lowest BCUT2D eigenvalue weighted by molar-refractivity contribution is 0.0658. The molecule has 0 radical (unpaired) electrons. The molecule has 1 fully saturated rings. The minimum atomic E-state index is -1.02. The third-order valence-electron chi connectivity index (χ3n) is 3.86. The van der Waals surface area contributed by atoms with E-state index in [1.807, 2.05) is 25.2 Å². The Balaban J connectivity index is 1.84. The summed E-state index contributed by atoms with van der Waals surface area (Å²) in [7, 11) is 1.98. The first-order valence-corrected chi connectivity index (χ1v) is 7.19. The molecule has 1 saturated heterocycles. The molecule has 1 aliphatic rings. The highest BCUT2D eigenvalue weighted by Crippen LogP contribution is 2.27. The van der Waals surface area contributed by atoms with Crippen molar-refractivity contribution in [2.45, 2.75) is 25.5 Å². The number of likely N-dealkylation sites (N-methyl/N-ethyl adjacent to an activating group) is 1. The number of carbonyl (C=O) groups is 1. The fourth-order valence-electron chi connectivity index (χ4n) is 2.90. The molecule has 21 heavy (non-hydrogen) atoms. The van der Waals surface area contributed by atoms with Crippen molar-refractivity contribution >= 4 is 16.9 Å². The van der Waals surface area contributed by atoms with E-state index in [4.69, 9.17) is 9.15 Å². The Bertz CT molecular complexity index is 643. The van der Waals surface area contributed by atoms with Crippen molar-refractivity contribution in [1.29, 1.82) is 0 Å². The van der Waals surface area contributed by atoms with Crippen molar-refractivity contribution in [3.63, 3.8) is 0 Å². The molecular formula is C16H19NO4. The van der Waals surface area contributed by atoms with Gasteiger partial charge >= 0.3 is 5.97 Å². The fourth-order valence-corrected chi connectivity index (χ4v) is 2.90. The molecular weight excluding hydrogens is 270 g/mol. The number of aromatic carboxylic acids is 1. The number of ether oxygens (including phenoxy) is 1. The third kappa shape index (κ3) is 2.94. The van der Waals surface area contributed by atoms with Crippen LogP contribution in [0.3, 0.4) is 0 Å². The minimum absolute atomic E-state index is 0.0374. The number of para-hydroxylation sites is 1. The second-order valence-corrected chi connectivity index (χ2v) is 5.54. The molecule has 0 saturated carbocycles. The van der Waals surface area contributed by atoms with Gasteiger partial charge in [0.15, 0.2) is 0 Å². The topological polar surface area (TPSA) is 62.9 Å². The van der Waals surface area contributed by atoms with Crippen LogP contribution in [0.5, 0.6) is 0 Å². The van der Waals surface area contributed by atoms with E-state index in [1.165, 1.54) is 0 Å². The van der Waals surface area contributed by atoms with E-state index in [0.29, 0.717) is 12.1 Å². The average molecular weight is 289 g/mol. The molecule has 3 rings (SSSR count). The van der Waals surface area contributed by atoms with Gasteiger partial charge in [0.1, 0.15) is 5.58 Å². The van der Waals surface area contributed by atoms with Crippen LogP contribution in [-0.2, 0) is 11.3 Å². The summed E-state index contributed by atoms with van der Waals surface area (Å²) in [5, 5.41) is 10.2. The molecule has 1 unspecified atom stereocenters. The Labute approximate surface area is 123 Å². The number of furan rings is 1. The number of hydrogen-bond acceptors (Lipinski definition) is 4. The number of carboxylic acid groups (broad SMARTS) is 1. The second-order valence-electron chi connectivity index (χ2n) is 5.54. The Morgan fingerprint density at radius 1 is 1.43 bits per heavy atom. The molecule has 0 amide bonds. The standard InChI is InChI=1S/C16H19NO4/c1-17(9-11-5-4-8-20-11)10-13-12-6-2-3-7-14(12)21-15(13)16(18)19/h2-3,6-7,11H,4-5,8-10H2,1H3,(H,18,19). The lowest BCUT2D eigenvalue weighted by atomic mass is 10.1. The highest BCUT2D eigenvalue weighted by atomic mass is 16.5. The van der Waals surface area contributed by atoms with Gasteiger partial charge in [0.2, 0.25) is 5.76 Å². The summed E-state index contributed by atoms with van der Waals surface area (Å²) in [5.41, 5.74) is 1.36. The van der Waals surface area contributed by atoms with Gasteiger partial charge in [0, 0.05) is 30.6 Å². The lowest BCUT2D eigenvalue weighted by Crippen LogP contribution is -2.28. The van der Waals surface area contributed by atoms with E-state index in [-0.39, 0.29) is 11.9 Å². The van der Waals surface area contributed by atoms with Crippen LogP contribution < -0.4 is 0 Å². The summed E-state index contributed by atoms with van der Waals surface area (Å²) in [4.78, 5) is 13.5. The van der Waals surface area contributed by atoms with Gasteiger partial charge in [-0.05, 0) is 26.0 Å². The normalized spacial score (nSPS) is 18.7. The van der Waals surface area contributed by atoms with E-state index >= 15 is 0 Å². The highest BCUT2D eigenvalue weighted by Gasteiger charge is 2.23. The van der Waals surface area contributed by atoms with Crippen LogP contribution >= 0.6 is 0 Å². The fraction of sp³-hybridized carbons (Fsp3) is 0.438. The molecule has 2 heterocycles. The molecule has 2 aromatic rings. The van der Waals surface area contributed by atoms with E-state index in [2.05, 4.69) is 4.90 Å². The van der Waals surface area contributed by atoms with Crippen molar-refractivity contribution in [1.82, 2.24) is 4.90 Å². The molecule has 0 bridgehead atoms. The minimum Gasteiger partial charge on any atom is -0.475 e. The summed E-state index contributed by atoms with van der Waals surface area (Å²) < 4.78 is 11.1. The van der Waals surface area contributed by atoms with E-state index < -0.39 is 5.97 Å². The zero-order chi connectivity index (χ0) is 14.8. The zero-order valence-corrected chi connectivity index (χ0v) is 12.0. The Morgan fingerprint density at radius 2 is 2.24 bits per heavy atom. The molecule has 5 nitrogen and oxygen atoms in total. The maximum atomic E-state index is 11.4. The van der Waals surface area contributed by atoms with Gasteiger partial charge in [-0.25, -0.2) is 4.79 Å². The number of benzene rings is 1. The molecule has 1 N–H and O–H groups in total. The molecule has 0 spiro atoms. The monoisotopic (exact) mass is 289 g/mol. The Hall–Kier alpha value is -1.85. The summed E-state index contributed by atoms with van der Waals surface area (Å²) in [6, 6.07) is 7.44. The van der Waals surface area contributed by atoms with Crippen LogP contribution in [0.25, 0.3) is 11.0 Å². The SMILES string of the molecule is CN(Cc1c(C(=O)O)oc2ccccc12)CC1CCCO1. The first-order valence-electron chi connectivity index (χ1n) is 7.19. The highest BCUT2D eigenvalue weighted by molar-refractivity contribution is 5.95. The first kappa shape index (κ1) is 14.1. The predicted octanol–water partition coefficient (Wildman–Crippen LogP) is 2.74. The van der Waals surface area contributed by atoms with Gasteiger partial charge in [-0.1, -0.05) is 18.2 Å². The first-order chi connectivity index (χ1) is 10.1. The number of carboxylic acids is 1.